The van der Waals surface area contributed by atoms with Crippen LogP contribution in [0.1, 0.15) is 5.56 Å². The molecule has 0 atom stereocenters. The van der Waals surface area contributed by atoms with Crippen molar-refractivity contribution in [3.05, 3.63) is 94.6 Å². The van der Waals surface area contributed by atoms with E-state index in [4.69, 9.17) is 27.9 Å². The lowest BCUT2D eigenvalue weighted by atomic mass is 10.1. The van der Waals surface area contributed by atoms with Crippen LogP contribution in [0.25, 0.3) is 16.9 Å². The Morgan fingerprint density at radius 2 is 1.71 bits per heavy atom. The number of ether oxygens (including phenoxy) is 1. The smallest absolute Gasteiger partial charge is 0.329 e. The first kappa shape index (κ1) is 24.0. The Morgan fingerprint density at radius 1 is 0.971 bits per heavy atom. The number of anilines is 1. The summed E-state index contributed by atoms with van der Waals surface area (Å²) in [6.07, 6.45) is 3.19. The van der Waals surface area contributed by atoms with Crippen LogP contribution in [0.3, 0.4) is 0 Å². The fourth-order valence-corrected chi connectivity index (χ4v) is 3.51. The van der Waals surface area contributed by atoms with Crippen LogP contribution in [-0.4, -0.2) is 34.9 Å². The lowest BCUT2D eigenvalue weighted by Crippen LogP contribution is -2.32. The summed E-state index contributed by atoms with van der Waals surface area (Å²) in [6.45, 7) is 0. The number of hydrazone groups is 1. The number of carbonyl (C=O) groups excluding carboxylic acids is 2. The van der Waals surface area contributed by atoms with Crippen LogP contribution in [0.4, 0.5) is 5.69 Å². The maximum Gasteiger partial charge on any atom is 0.329 e. The standard InChI is InChI=1S/C25H19Cl2N5O3/c1-35-19-12-10-16(11-13-19)23-17(15-32(31-23)18-6-3-2-4-7-18)14-28-30-25(34)24(33)29-21-9-5-8-20(26)22(21)27/h2-15H,1H3,(H,29,33)(H,30,34). The van der Waals surface area contributed by atoms with Crippen LogP contribution < -0.4 is 15.5 Å². The molecule has 2 N–H and O–H groups in total. The molecule has 1 aromatic heterocycles. The van der Waals surface area contributed by atoms with E-state index in [1.165, 1.54) is 12.3 Å². The molecular formula is C25H19Cl2N5O3. The first-order valence-corrected chi connectivity index (χ1v) is 11.1. The molecule has 0 bridgehead atoms. The van der Waals surface area contributed by atoms with E-state index in [2.05, 4.69) is 20.9 Å². The van der Waals surface area contributed by atoms with Gasteiger partial charge in [-0.15, -0.1) is 0 Å². The zero-order valence-corrected chi connectivity index (χ0v) is 19.9. The van der Waals surface area contributed by atoms with Gasteiger partial charge in [0.15, 0.2) is 0 Å². The van der Waals surface area contributed by atoms with E-state index in [1.807, 2.05) is 54.6 Å². The average Bonchev–Trinajstić information content (AvgIpc) is 3.31. The highest BCUT2D eigenvalue weighted by Gasteiger charge is 2.16. The van der Waals surface area contributed by atoms with Crippen LogP contribution in [-0.2, 0) is 9.59 Å². The van der Waals surface area contributed by atoms with E-state index < -0.39 is 11.8 Å². The van der Waals surface area contributed by atoms with Gasteiger partial charge in [0, 0.05) is 17.3 Å². The lowest BCUT2D eigenvalue weighted by molar-refractivity contribution is -0.136. The van der Waals surface area contributed by atoms with Crippen LogP contribution in [0.5, 0.6) is 5.75 Å². The van der Waals surface area contributed by atoms with Crippen molar-refractivity contribution in [2.24, 2.45) is 5.10 Å². The number of halogens is 2. The number of nitrogens with one attached hydrogen (secondary N) is 2. The van der Waals surface area contributed by atoms with Gasteiger partial charge in [-0.25, -0.2) is 10.1 Å². The molecule has 0 aliphatic heterocycles. The van der Waals surface area contributed by atoms with Crippen molar-refractivity contribution < 1.29 is 14.3 Å². The van der Waals surface area contributed by atoms with Gasteiger partial charge in [-0.3, -0.25) is 9.59 Å². The lowest BCUT2D eigenvalue weighted by Gasteiger charge is -2.06. The van der Waals surface area contributed by atoms with E-state index in [0.29, 0.717) is 17.0 Å². The van der Waals surface area contributed by atoms with Gasteiger partial charge in [0.25, 0.3) is 0 Å². The number of amides is 2. The minimum atomic E-state index is -0.973. The summed E-state index contributed by atoms with van der Waals surface area (Å²) < 4.78 is 6.93. The zero-order valence-electron chi connectivity index (χ0n) is 18.4. The van der Waals surface area contributed by atoms with E-state index in [0.717, 1.165) is 11.3 Å². The van der Waals surface area contributed by atoms with Gasteiger partial charge >= 0.3 is 11.8 Å². The number of methoxy groups -OCH3 is 1. The highest BCUT2D eigenvalue weighted by molar-refractivity contribution is 6.45. The van der Waals surface area contributed by atoms with Crippen LogP contribution in [0.15, 0.2) is 84.1 Å². The third kappa shape index (κ3) is 5.68. The molecular weight excluding hydrogens is 489 g/mol. The average molecular weight is 508 g/mol. The molecule has 2 amide bonds. The Balaban J connectivity index is 1.54. The van der Waals surface area contributed by atoms with Crippen molar-refractivity contribution in [1.29, 1.82) is 0 Å². The normalized spacial score (nSPS) is 10.8. The second kappa shape index (κ2) is 10.9. The van der Waals surface area contributed by atoms with Gasteiger partial charge in [0.05, 0.1) is 34.7 Å². The van der Waals surface area contributed by atoms with Gasteiger partial charge in [0.1, 0.15) is 11.4 Å². The van der Waals surface area contributed by atoms with Gasteiger partial charge in [-0.2, -0.15) is 10.2 Å². The molecule has 10 heteroatoms. The molecule has 4 aromatic rings. The van der Waals surface area contributed by atoms with Gasteiger partial charge in [-0.1, -0.05) is 47.5 Å². The van der Waals surface area contributed by atoms with Crippen molar-refractivity contribution in [1.82, 2.24) is 15.2 Å². The molecule has 35 heavy (non-hydrogen) atoms. The molecule has 0 radical (unpaired) electrons. The van der Waals surface area contributed by atoms with Gasteiger partial charge in [-0.05, 0) is 48.5 Å². The molecule has 3 aromatic carbocycles. The molecule has 0 saturated heterocycles. The number of nitrogens with zero attached hydrogens (tertiary/aromatic N) is 3. The van der Waals surface area contributed by atoms with Crippen molar-refractivity contribution in [2.45, 2.75) is 0 Å². The predicted molar refractivity (Wildman–Crippen MR) is 136 cm³/mol. The number of benzene rings is 3. The maximum atomic E-state index is 12.2. The minimum Gasteiger partial charge on any atom is -0.497 e. The van der Waals surface area contributed by atoms with E-state index in [9.17, 15) is 9.59 Å². The molecule has 8 nitrogen and oxygen atoms in total. The second-order valence-electron chi connectivity index (χ2n) is 7.20. The summed E-state index contributed by atoms with van der Waals surface area (Å²) in [5, 5.41) is 11.4. The Labute approximate surface area is 211 Å². The third-order valence-electron chi connectivity index (χ3n) is 4.90. The van der Waals surface area contributed by atoms with Crippen LogP contribution in [0, 0.1) is 0 Å². The first-order chi connectivity index (χ1) is 17.0. The summed E-state index contributed by atoms with van der Waals surface area (Å²) >= 11 is 12.0. The number of hydrogen-bond donors (Lipinski definition) is 2. The molecule has 0 unspecified atom stereocenters. The topological polar surface area (TPSA) is 97.6 Å². The summed E-state index contributed by atoms with van der Waals surface area (Å²) in [7, 11) is 1.59. The third-order valence-corrected chi connectivity index (χ3v) is 5.72. The quantitative estimate of drug-likeness (QED) is 0.219. The highest BCUT2D eigenvalue weighted by Crippen LogP contribution is 2.29. The van der Waals surface area contributed by atoms with E-state index in [-0.39, 0.29) is 15.7 Å². The zero-order chi connectivity index (χ0) is 24.8. The van der Waals surface area contributed by atoms with Crippen molar-refractivity contribution in [3.63, 3.8) is 0 Å². The number of carbonyl (C=O) groups is 2. The molecule has 1 heterocycles. The van der Waals surface area contributed by atoms with E-state index in [1.54, 1.807) is 30.1 Å². The number of hydrogen-bond acceptors (Lipinski definition) is 5. The Bertz CT molecular complexity index is 1390. The molecule has 0 spiro atoms. The monoisotopic (exact) mass is 507 g/mol. The van der Waals surface area contributed by atoms with Gasteiger partial charge < -0.3 is 10.1 Å². The number of aromatic nitrogens is 2. The van der Waals surface area contributed by atoms with E-state index >= 15 is 0 Å². The number of rotatable bonds is 6. The maximum absolute atomic E-state index is 12.2. The summed E-state index contributed by atoms with van der Waals surface area (Å²) in [4.78, 5) is 24.5. The largest absolute Gasteiger partial charge is 0.497 e. The summed E-state index contributed by atoms with van der Waals surface area (Å²) in [5.74, 6) is -1.20. The van der Waals surface area contributed by atoms with Crippen LogP contribution >= 0.6 is 23.2 Å². The van der Waals surface area contributed by atoms with Crippen molar-refractivity contribution >= 4 is 46.9 Å². The molecule has 0 aliphatic rings. The molecule has 0 fully saturated rings. The van der Waals surface area contributed by atoms with Crippen molar-refractivity contribution in [2.75, 3.05) is 12.4 Å². The molecule has 4 rings (SSSR count). The Kier molecular flexibility index (Phi) is 7.45. The summed E-state index contributed by atoms with van der Waals surface area (Å²) in [5.41, 5.74) is 5.36. The predicted octanol–water partition coefficient (Wildman–Crippen LogP) is 4.94. The molecule has 0 aliphatic carbocycles. The number of para-hydroxylation sites is 1. The van der Waals surface area contributed by atoms with Gasteiger partial charge in [0.2, 0.25) is 0 Å². The fraction of sp³-hybridized carbons (Fsp3) is 0.0400. The second-order valence-corrected chi connectivity index (χ2v) is 7.98. The highest BCUT2D eigenvalue weighted by atomic mass is 35.5. The first-order valence-electron chi connectivity index (χ1n) is 10.3. The Morgan fingerprint density at radius 3 is 2.43 bits per heavy atom. The Hall–Kier alpha value is -4.14. The van der Waals surface area contributed by atoms with Crippen molar-refractivity contribution in [3.8, 4) is 22.7 Å². The molecule has 176 valence electrons. The summed E-state index contributed by atoms with van der Waals surface area (Å²) in [6, 6.07) is 21.6. The SMILES string of the molecule is COc1ccc(-c2nn(-c3ccccc3)cc2C=NNC(=O)C(=O)Nc2cccc(Cl)c2Cl)cc1. The van der Waals surface area contributed by atoms with Crippen LogP contribution in [0.2, 0.25) is 10.0 Å². The fourth-order valence-electron chi connectivity index (χ4n) is 3.16. The molecule has 0 saturated carbocycles. The minimum absolute atomic E-state index is 0.135.